The Kier molecular flexibility index (Phi) is 6.37. The van der Waals surface area contributed by atoms with Gasteiger partial charge in [0.2, 0.25) is 0 Å². The summed E-state index contributed by atoms with van der Waals surface area (Å²) in [6.07, 6.45) is 3.59. The molecule has 0 atom stereocenters. The Balaban J connectivity index is 2.82. The van der Waals surface area contributed by atoms with Crippen molar-refractivity contribution in [3.8, 4) is 11.5 Å². The molecule has 0 bridgehead atoms. The summed E-state index contributed by atoms with van der Waals surface area (Å²) in [5, 5.41) is 8.65. The molecule has 1 N–H and O–H groups in total. The van der Waals surface area contributed by atoms with Crippen LogP contribution in [0.2, 0.25) is 0 Å². The first-order chi connectivity index (χ1) is 9.56. The van der Waals surface area contributed by atoms with Gasteiger partial charge in [-0.1, -0.05) is 6.08 Å². The first-order valence-corrected chi connectivity index (χ1v) is 6.46. The van der Waals surface area contributed by atoms with Crippen LogP contribution in [0.1, 0.15) is 19.4 Å². The standard InChI is InChI=1S/C16H20O4/c1-4-6-13-10-14(19-5-2)7-8-15(13)20-11-12(3)9-16(17)18/h4,7-10H,1,5-6,11H2,2-3H3,(H,17,18). The van der Waals surface area contributed by atoms with Crippen molar-refractivity contribution in [2.75, 3.05) is 13.2 Å². The van der Waals surface area contributed by atoms with Crippen LogP contribution in [0.15, 0.2) is 42.5 Å². The van der Waals surface area contributed by atoms with Crippen molar-refractivity contribution < 1.29 is 19.4 Å². The van der Waals surface area contributed by atoms with Crippen molar-refractivity contribution in [1.82, 2.24) is 0 Å². The minimum Gasteiger partial charge on any atom is -0.494 e. The van der Waals surface area contributed by atoms with E-state index >= 15 is 0 Å². The van der Waals surface area contributed by atoms with Crippen LogP contribution in [-0.2, 0) is 11.2 Å². The number of carbonyl (C=O) groups is 1. The van der Waals surface area contributed by atoms with Gasteiger partial charge in [-0.3, -0.25) is 0 Å². The summed E-state index contributed by atoms with van der Waals surface area (Å²) in [4.78, 5) is 10.5. The maximum atomic E-state index is 10.5. The highest BCUT2D eigenvalue weighted by Gasteiger charge is 2.06. The molecule has 0 saturated carbocycles. The van der Waals surface area contributed by atoms with Gasteiger partial charge in [0.25, 0.3) is 0 Å². The monoisotopic (exact) mass is 276 g/mol. The van der Waals surface area contributed by atoms with E-state index in [1.54, 1.807) is 13.0 Å². The van der Waals surface area contributed by atoms with E-state index in [9.17, 15) is 4.79 Å². The van der Waals surface area contributed by atoms with Crippen LogP contribution in [0, 0.1) is 0 Å². The van der Waals surface area contributed by atoms with Crippen LogP contribution in [0.25, 0.3) is 0 Å². The second kappa shape index (κ2) is 8.04. The van der Waals surface area contributed by atoms with Gasteiger partial charge < -0.3 is 14.6 Å². The van der Waals surface area contributed by atoms with Crippen LogP contribution in [0.5, 0.6) is 11.5 Å². The van der Waals surface area contributed by atoms with Crippen molar-refractivity contribution in [2.24, 2.45) is 0 Å². The largest absolute Gasteiger partial charge is 0.494 e. The number of carboxylic acid groups (broad SMARTS) is 1. The van der Waals surface area contributed by atoms with E-state index in [1.165, 1.54) is 0 Å². The highest BCUT2D eigenvalue weighted by atomic mass is 16.5. The van der Waals surface area contributed by atoms with E-state index in [2.05, 4.69) is 6.58 Å². The minimum absolute atomic E-state index is 0.241. The summed E-state index contributed by atoms with van der Waals surface area (Å²) < 4.78 is 11.1. The van der Waals surface area contributed by atoms with E-state index < -0.39 is 5.97 Å². The molecular weight excluding hydrogens is 256 g/mol. The molecular formula is C16H20O4. The topological polar surface area (TPSA) is 55.8 Å². The molecule has 20 heavy (non-hydrogen) atoms. The fourth-order valence-electron chi connectivity index (χ4n) is 1.71. The smallest absolute Gasteiger partial charge is 0.328 e. The molecule has 0 saturated heterocycles. The Labute approximate surface area is 119 Å². The Bertz CT molecular complexity index is 503. The molecule has 0 aliphatic heterocycles. The molecule has 1 aromatic carbocycles. The third-order valence-corrected chi connectivity index (χ3v) is 2.53. The predicted molar refractivity (Wildman–Crippen MR) is 78.4 cm³/mol. The minimum atomic E-state index is -0.968. The number of hydrogen-bond acceptors (Lipinski definition) is 3. The van der Waals surface area contributed by atoms with E-state index in [1.807, 2.05) is 25.1 Å². The van der Waals surface area contributed by atoms with Crippen LogP contribution >= 0.6 is 0 Å². The zero-order valence-corrected chi connectivity index (χ0v) is 11.9. The van der Waals surface area contributed by atoms with Gasteiger partial charge >= 0.3 is 5.97 Å². The van der Waals surface area contributed by atoms with Gasteiger partial charge in [-0.05, 0) is 44.0 Å². The van der Waals surface area contributed by atoms with Gasteiger partial charge in [0, 0.05) is 11.6 Å². The molecule has 4 heteroatoms. The van der Waals surface area contributed by atoms with Crippen LogP contribution in [-0.4, -0.2) is 24.3 Å². The maximum Gasteiger partial charge on any atom is 0.328 e. The fraction of sp³-hybridized carbons (Fsp3) is 0.312. The molecule has 0 aliphatic rings. The summed E-state index contributed by atoms with van der Waals surface area (Å²) in [6.45, 7) is 8.21. The number of ether oxygens (including phenoxy) is 2. The third-order valence-electron chi connectivity index (χ3n) is 2.53. The number of rotatable bonds is 8. The first-order valence-electron chi connectivity index (χ1n) is 6.46. The predicted octanol–water partition coefficient (Wildman–Crippen LogP) is 3.22. The lowest BCUT2D eigenvalue weighted by atomic mass is 10.1. The molecule has 108 valence electrons. The van der Waals surface area contributed by atoms with E-state index in [4.69, 9.17) is 14.6 Å². The maximum absolute atomic E-state index is 10.5. The first kappa shape index (κ1) is 15.8. The van der Waals surface area contributed by atoms with E-state index in [-0.39, 0.29) is 6.61 Å². The summed E-state index contributed by atoms with van der Waals surface area (Å²) in [7, 11) is 0. The summed E-state index contributed by atoms with van der Waals surface area (Å²) in [6, 6.07) is 5.58. The number of allylic oxidation sites excluding steroid dienone is 1. The van der Waals surface area contributed by atoms with Crippen LogP contribution in [0.3, 0.4) is 0 Å². The quantitative estimate of drug-likeness (QED) is 0.585. The zero-order chi connectivity index (χ0) is 15.0. The van der Waals surface area contributed by atoms with Crippen LogP contribution < -0.4 is 9.47 Å². The molecule has 1 rings (SSSR count). The second-order valence-corrected chi connectivity index (χ2v) is 4.31. The number of carboxylic acids is 1. The number of hydrogen-bond donors (Lipinski definition) is 1. The Morgan fingerprint density at radius 3 is 2.75 bits per heavy atom. The molecule has 0 heterocycles. The molecule has 1 aromatic rings. The van der Waals surface area contributed by atoms with Crippen molar-refractivity contribution in [2.45, 2.75) is 20.3 Å². The van der Waals surface area contributed by atoms with Gasteiger partial charge in [0.15, 0.2) is 0 Å². The summed E-state index contributed by atoms with van der Waals surface area (Å²) in [5.74, 6) is 0.533. The lowest BCUT2D eigenvalue weighted by Gasteiger charge is -2.12. The van der Waals surface area contributed by atoms with Crippen molar-refractivity contribution in [1.29, 1.82) is 0 Å². The SMILES string of the molecule is C=CCc1cc(OCC)ccc1OCC(C)=CC(=O)O. The Hall–Kier alpha value is -2.23. The van der Waals surface area contributed by atoms with Crippen molar-refractivity contribution in [3.63, 3.8) is 0 Å². The van der Waals surface area contributed by atoms with Crippen molar-refractivity contribution >= 4 is 5.97 Å². The summed E-state index contributed by atoms with van der Waals surface area (Å²) >= 11 is 0. The molecule has 0 fully saturated rings. The van der Waals surface area contributed by atoms with Gasteiger partial charge in [-0.2, -0.15) is 0 Å². The Morgan fingerprint density at radius 1 is 1.40 bits per heavy atom. The van der Waals surface area contributed by atoms with Gasteiger partial charge in [-0.15, -0.1) is 6.58 Å². The van der Waals surface area contributed by atoms with Gasteiger partial charge in [0.05, 0.1) is 6.61 Å². The second-order valence-electron chi connectivity index (χ2n) is 4.31. The lowest BCUT2D eigenvalue weighted by Crippen LogP contribution is -2.03. The van der Waals surface area contributed by atoms with Gasteiger partial charge in [0.1, 0.15) is 18.1 Å². The zero-order valence-electron chi connectivity index (χ0n) is 11.9. The molecule has 4 nitrogen and oxygen atoms in total. The van der Waals surface area contributed by atoms with Gasteiger partial charge in [-0.25, -0.2) is 4.79 Å². The average molecular weight is 276 g/mol. The van der Waals surface area contributed by atoms with E-state index in [0.29, 0.717) is 24.4 Å². The molecule has 0 radical (unpaired) electrons. The van der Waals surface area contributed by atoms with E-state index in [0.717, 1.165) is 17.4 Å². The highest BCUT2D eigenvalue weighted by Crippen LogP contribution is 2.25. The molecule has 0 unspecified atom stereocenters. The normalized spacial score (nSPS) is 11.0. The fourth-order valence-corrected chi connectivity index (χ4v) is 1.71. The summed E-state index contributed by atoms with van der Waals surface area (Å²) in [5.41, 5.74) is 1.62. The molecule has 0 spiro atoms. The lowest BCUT2D eigenvalue weighted by molar-refractivity contribution is -0.131. The molecule has 0 amide bonds. The number of benzene rings is 1. The Morgan fingerprint density at radius 2 is 2.15 bits per heavy atom. The number of aliphatic carboxylic acids is 1. The molecule has 0 aromatic heterocycles. The van der Waals surface area contributed by atoms with Crippen LogP contribution in [0.4, 0.5) is 0 Å². The van der Waals surface area contributed by atoms with Crippen molar-refractivity contribution in [3.05, 3.63) is 48.1 Å². The third kappa shape index (κ3) is 5.18. The average Bonchev–Trinajstić information content (AvgIpc) is 2.38. The highest BCUT2D eigenvalue weighted by molar-refractivity contribution is 5.80. The molecule has 0 aliphatic carbocycles.